The molecule has 1 saturated heterocycles. The first kappa shape index (κ1) is 42.6. The number of aliphatic hydroxyl groups excluding tert-OH is 2. The SMILES string of the molecule is CN(C)[C@@H]1C(O)=C(C(N)=O)C(=O)[C@@]2(O)C(O)=C3C(=O)c4c(O)cccc4[C@@](C)(O)[C@H]3C[C@@H]12.COc1cc2c(cc1OC)C(=O)C(CC1CCN(Cc3ccccc3)CC1)C2. The summed E-state index contributed by atoms with van der Waals surface area (Å²) in [6.45, 7) is 4.67. The fourth-order valence-electron chi connectivity index (χ4n) is 10.2. The maximum absolute atomic E-state index is 13.3. The van der Waals surface area contributed by atoms with Crippen molar-refractivity contribution in [3.63, 3.8) is 0 Å². The zero-order valence-electron chi connectivity index (χ0n) is 34.5. The lowest BCUT2D eigenvalue weighted by Crippen LogP contribution is -2.65. The van der Waals surface area contributed by atoms with Gasteiger partial charge in [0, 0.05) is 35.4 Å². The van der Waals surface area contributed by atoms with E-state index in [0.29, 0.717) is 17.4 Å². The Morgan fingerprint density at radius 3 is 2.20 bits per heavy atom. The number of Topliss-reactive ketones (excluding diaryl/α,β-unsaturated/α-hetero) is 3. The van der Waals surface area contributed by atoms with Gasteiger partial charge in [0.2, 0.25) is 5.78 Å². The van der Waals surface area contributed by atoms with E-state index >= 15 is 0 Å². The van der Waals surface area contributed by atoms with Crippen molar-refractivity contribution in [2.75, 3.05) is 41.4 Å². The molecule has 6 atom stereocenters. The van der Waals surface area contributed by atoms with Crippen LogP contribution in [0, 0.1) is 23.7 Å². The smallest absolute Gasteiger partial charge is 0.255 e. The second kappa shape index (κ2) is 16.1. The number of aliphatic hydroxyl groups is 4. The first-order valence-electron chi connectivity index (χ1n) is 20.2. The van der Waals surface area contributed by atoms with E-state index in [2.05, 4.69) is 35.2 Å². The minimum atomic E-state index is -2.75. The van der Waals surface area contributed by atoms with Gasteiger partial charge in [-0.3, -0.25) is 29.0 Å². The van der Waals surface area contributed by atoms with E-state index in [1.807, 2.05) is 12.1 Å². The molecule has 8 rings (SSSR count). The molecule has 4 aliphatic carbocycles. The predicted molar refractivity (Wildman–Crippen MR) is 220 cm³/mol. The molecule has 7 N–H and O–H groups in total. The number of hydrogen-bond acceptors (Lipinski definition) is 13. The van der Waals surface area contributed by atoms with E-state index < -0.39 is 75.0 Å². The van der Waals surface area contributed by atoms with Gasteiger partial charge in [-0.15, -0.1) is 0 Å². The van der Waals surface area contributed by atoms with Crippen molar-refractivity contribution in [2.45, 2.75) is 62.8 Å². The molecule has 14 nitrogen and oxygen atoms in total. The number of ether oxygens (including phenoxy) is 2. The standard InChI is InChI=1S/C24H29NO3.C22H24N2O8/c1-27-22-14-19-13-20(24(26)21(19)15-23(22)28-2)12-17-8-10-25(11-9-17)16-18-6-4-3-5-7-18;1-21(31)8-5-4-6-11(25)12(8)16(26)13-9(21)7-10-15(24(2)3)17(27)14(20(23)30)19(29)22(10,32)18(13)28/h3-7,14-15,17,20H,8-13,16H2,1-2H3;4-6,9-10,15,25,27-28,31-32H,7H2,1-3H3,(H2,23,30)/t;9-,10-,15-,21+,22-/m.0/s1. The van der Waals surface area contributed by atoms with Gasteiger partial charge in [0.1, 0.15) is 22.8 Å². The highest BCUT2D eigenvalue weighted by atomic mass is 16.5. The molecule has 1 heterocycles. The Morgan fingerprint density at radius 2 is 1.58 bits per heavy atom. The number of amides is 1. The number of rotatable bonds is 8. The number of hydrogen-bond donors (Lipinski definition) is 6. The summed E-state index contributed by atoms with van der Waals surface area (Å²) < 4.78 is 10.8. The van der Waals surface area contributed by atoms with Crippen LogP contribution in [-0.2, 0) is 28.2 Å². The second-order valence-corrected chi connectivity index (χ2v) is 17.0. The molecule has 60 heavy (non-hydrogen) atoms. The van der Waals surface area contributed by atoms with Crippen molar-refractivity contribution in [2.24, 2.45) is 29.4 Å². The highest BCUT2D eigenvalue weighted by molar-refractivity contribution is 6.24. The fraction of sp³-hybridized carbons (Fsp3) is 0.435. The molecule has 1 aliphatic heterocycles. The highest BCUT2D eigenvalue weighted by Crippen LogP contribution is 2.56. The van der Waals surface area contributed by atoms with E-state index in [4.69, 9.17) is 15.2 Å². The zero-order valence-corrected chi connectivity index (χ0v) is 34.5. The number of aromatic hydroxyl groups is 1. The first-order valence-corrected chi connectivity index (χ1v) is 20.2. The number of methoxy groups -OCH3 is 2. The monoisotopic (exact) mass is 823 g/mol. The number of nitrogens with zero attached hydrogens (tertiary/aromatic N) is 2. The van der Waals surface area contributed by atoms with Gasteiger partial charge in [-0.25, -0.2) is 0 Å². The maximum Gasteiger partial charge on any atom is 0.255 e. The summed E-state index contributed by atoms with van der Waals surface area (Å²) in [7, 11) is 6.32. The van der Waals surface area contributed by atoms with E-state index in [9.17, 15) is 44.7 Å². The van der Waals surface area contributed by atoms with E-state index in [1.54, 1.807) is 14.2 Å². The van der Waals surface area contributed by atoms with Crippen LogP contribution in [0.4, 0.5) is 0 Å². The van der Waals surface area contributed by atoms with Crippen LogP contribution in [0.1, 0.15) is 70.0 Å². The molecule has 14 heteroatoms. The van der Waals surface area contributed by atoms with Crippen LogP contribution >= 0.6 is 0 Å². The number of phenols is 1. The van der Waals surface area contributed by atoms with Crippen molar-refractivity contribution < 1.29 is 54.2 Å². The largest absolute Gasteiger partial charge is 0.510 e. The number of carbonyl (C=O) groups excluding carboxylic acids is 4. The van der Waals surface area contributed by atoms with Crippen LogP contribution in [0.5, 0.6) is 17.2 Å². The van der Waals surface area contributed by atoms with Gasteiger partial charge < -0.3 is 40.7 Å². The van der Waals surface area contributed by atoms with Crippen LogP contribution in [0.3, 0.4) is 0 Å². The van der Waals surface area contributed by atoms with Gasteiger partial charge >= 0.3 is 0 Å². The molecule has 1 fully saturated rings. The van der Waals surface area contributed by atoms with Crippen LogP contribution < -0.4 is 15.2 Å². The molecule has 0 spiro atoms. The van der Waals surface area contributed by atoms with Crippen LogP contribution in [0.2, 0.25) is 0 Å². The van der Waals surface area contributed by atoms with Crippen molar-refractivity contribution >= 4 is 23.3 Å². The number of benzene rings is 3. The minimum Gasteiger partial charge on any atom is -0.510 e. The number of phenolic OH excluding ortho intramolecular Hbond substituents is 1. The van der Waals surface area contributed by atoms with Gasteiger partial charge in [0.05, 0.1) is 31.4 Å². The molecule has 0 bridgehead atoms. The van der Waals surface area contributed by atoms with Crippen LogP contribution in [0.25, 0.3) is 0 Å². The Hall–Kier alpha value is -5.54. The van der Waals surface area contributed by atoms with Gasteiger partial charge in [-0.05, 0) is 107 Å². The number of carbonyl (C=O) groups is 4. The minimum absolute atomic E-state index is 0.109. The molecular weight excluding hydrogens is 771 g/mol. The normalized spacial score (nSPS) is 27.8. The number of piperidine rings is 1. The molecular formula is C46H53N3O11. The number of ketones is 3. The second-order valence-electron chi connectivity index (χ2n) is 17.0. The van der Waals surface area contributed by atoms with Crippen molar-refractivity contribution in [3.05, 3.63) is 111 Å². The topological polar surface area (TPSA) is 220 Å². The average Bonchev–Trinajstić information content (AvgIpc) is 3.51. The molecule has 1 unspecified atom stereocenters. The van der Waals surface area contributed by atoms with Crippen molar-refractivity contribution in [1.29, 1.82) is 0 Å². The predicted octanol–water partition coefficient (Wildman–Crippen LogP) is 4.15. The van der Waals surface area contributed by atoms with Gasteiger partial charge in [0.15, 0.2) is 28.7 Å². The quantitative estimate of drug-likeness (QED) is 0.176. The number of likely N-dealkylation sites (N-methyl/N-ethyl adjacent to an activating group) is 1. The van der Waals surface area contributed by atoms with Crippen molar-refractivity contribution in [1.82, 2.24) is 9.80 Å². The molecule has 3 aromatic carbocycles. The lowest BCUT2D eigenvalue weighted by molar-refractivity contribution is -0.151. The van der Waals surface area contributed by atoms with Gasteiger partial charge in [-0.2, -0.15) is 0 Å². The Balaban J connectivity index is 0.000000183. The lowest BCUT2D eigenvalue weighted by Gasteiger charge is -2.52. The number of likely N-dealkylation sites (tertiary alicyclic amines) is 1. The van der Waals surface area contributed by atoms with Gasteiger partial charge in [0.25, 0.3) is 5.91 Å². The van der Waals surface area contributed by atoms with Gasteiger partial charge in [-0.1, -0.05) is 42.5 Å². The van der Waals surface area contributed by atoms with Crippen molar-refractivity contribution in [3.8, 4) is 17.2 Å². The van der Waals surface area contributed by atoms with E-state index in [-0.39, 0.29) is 29.2 Å². The number of nitrogens with two attached hydrogens (primary N) is 1. The summed E-state index contributed by atoms with van der Waals surface area (Å²) in [6, 6.07) is 17.6. The third-order valence-corrected chi connectivity index (χ3v) is 13.3. The third kappa shape index (κ3) is 7.04. The van der Waals surface area contributed by atoms with Crippen LogP contribution in [0.15, 0.2) is 83.3 Å². The summed E-state index contributed by atoms with van der Waals surface area (Å²) in [5.74, 6) is -5.51. The van der Waals surface area contributed by atoms with E-state index in [0.717, 1.165) is 43.6 Å². The van der Waals surface area contributed by atoms with Crippen LogP contribution in [-0.4, -0.2) is 112 Å². The maximum atomic E-state index is 13.3. The Bertz CT molecular complexity index is 2290. The summed E-state index contributed by atoms with van der Waals surface area (Å²) in [5.41, 5.74) is 2.66. The summed E-state index contributed by atoms with van der Waals surface area (Å²) >= 11 is 0. The molecule has 0 saturated carbocycles. The lowest BCUT2D eigenvalue weighted by atomic mass is 9.55. The third-order valence-electron chi connectivity index (χ3n) is 13.3. The Kier molecular flexibility index (Phi) is 11.5. The number of fused-ring (bicyclic) bond motifs is 4. The Labute approximate surface area is 348 Å². The molecule has 0 radical (unpaired) electrons. The fourth-order valence-corrected chi connectivity index (χ4v) is 10.2. The van der Waals surface area contributed by atoms with E-state index in [1.165, 1.54) is 62.5 Å². The Morgan fingerprint density at radius 1 is 0.933 bits per heavy atom. The summed E-state index contributed by atoms with van der Waals surface area (Å²) in [5, 5.41) is 55.0. The average molecular weight is 824 g/mol. The number of primary amides is 1. The zero-order chi connectivity index (χ0) is 43.4. The molecule has 0 aromatic heterocycles. The highest BCUT2D eigenvalue weighted by Gasteiger charge is 2.65. The molecule has 1 amide bonds. The molecule has 318 valence electrons. The summed E-state index contributed by atoms with van der Waals surface area (Å²) in [4.78, 5) is 55.3. The molecule has 3 aromatic rings. The first-order chi connectivity index (χ1) is 28.4. The summed E-state index contributed by atoms with van der Waals surface area (Å²) in [6.07, 6.45) is 3.99. The molecule has 5 aliphatic rings.